The Morgan fingerprint density at radius 1 is 0.968 bits per heavy atom. The number of benzene rings is 3. The Hall–Kier alpha value is -3.29. The fourth-order valence-electron chi connectivity index (χ4n) is 2.88. The average molecular weight is 497 g/mol. The first kappa shape index (κ1) is 21.0. The van der Waals surface area contributed by atoms with Crippen LogP contribution in [0.25, 0.3) is 17.1 Å². The smallest absolute Gasteiger partial charge is 0.378 e. The number of hydrogen-bond donors (Lipinski definition) is 0. The third-order valence-corrected chi connectivity index (χ3v) is 5.14. The minimum absolute atomic E-state index is 0.151. The van der Waals surface area contributed by atoms with Gasteiger partial charge in [0.1, 0.15) is 0 Å². The monoisotopic (exact) mass is 495 g/mol. The maximum absolute atomic E-state index is 12.6. The second-order valence-electron chi connectivity index (χ2n) is 6.52. The van der Waals surface area contributed by atoms with E-state index in [2.05, 4.69) is 26.0 Å². The molecule has 0 spiro atoms. The van der Waals surface area contributed by atoms with Gasteiger partial charge in [-0.1, -0.05) is 70.0 Å². The largest absolute Gasteiger partial charge is 0.451 e. The van der Waals surface area contributed by atoms with E-state index >= 15 is 0 Å². The molecular weight excluding hydrogens is 482 g/mol. The summed E-state index contributed by atoms with van der Waals surface area (Å²) in [7, 11) is 0. The van der Waals surface area contributed by atoms with Crippen LogP contribution in [0.4, 0.5) is 0 Å². The summed E-state index contributed by atoms with van der Waals surface area (Å²) in [6.07, 6.45) is 0. The molecule has 3 aromatic carbocycles. The van der Waals surface area contributed by atoms with Gasteiger partial charge in [0, 0.05) is 20.6 Å². The van der Waals surface area contributed by atoms with E-state index in [9.17, 15) is 9.59 Å². The number of nitrogens with zero attached hydrogens (tertiary/aromatic N) is 3. The molecule has 0 saturated heterocycles. The molecule has 6 nitrogen and oxygen atoms in total. The molecule has 1 heterocycles. The van der Waals surface area contributed by atoms with Crippen LogP contribution in [0, 0.1) is 0 Å². The number of ether oxygens (including phenoxy) is 1. The van der Waals surface area contributed by atoms with Crippen molar-refractivity contribution in [2.75, 3.05) is 6.61 Å². The quantitative estimate of drug-likeness (QED) is 0.264. The molecule has 4 aromatic rings. The van der Waals surface area contributed by atoms with E-state index in [1.165, 1.54) is 0 Å². The second kappa shape index (κ2) is 9.24. The second-order valence-corrected chi connectivity index (χ2v) is 7.88. The lowest BCUT2D eigenvalue weighted by molar-refractivity contribution is 0.0462. The standard InChI is InChI=1S/C23H15BrClN3O3/c24-17-11-9-15(10-12-17)20(29)14-31-23(30)21-26-22(16-5-4-6-18(25)13-16)28(27-21)19-7-2-1-3-8-19/h1-13H,14H2. The molecule has 31 heavy (non-hydrogen) atoms. The zero-order valence-electron chi connectivity index (χ0n) is 16.0. The van der Waals surface area contributed by atoms with Gasteiger partial charge in [0.2, 0.25) is 0 Å². The summed E-state index contributed by atoms with van der Waals surface area (Å²) in [6.45, 7) is -0.410. The van der Waals surface area contributed by atoms with Gasteiger partial charge in [-0.05, 0) is 36.4 Å². The van der Waals surface area contributed by atoms with Crippen LogP contribution in [-0.2, 0) is 4.74 Å². The topological polar surface area (TPSA) is 74.1 Å². The number of para-hydroxylation sites is 1. The first-order chi connectivity index (χ1) is 15.0. The maximum Gasteiger partial charge on any atom is 0.378 e. The van der Waals surface area contributed by atoms with Crippen molar-refractivity contribution in [3.05, 3.63) is 99.7 Å². The lowest BCUT2D eigenvalue weighted by Crippen LogP contribution is -2.15. The molecular formula is C23H15BrClN3O3. The summed E-state index contributed by atoms with van der Waals surface area (Å²) in [5.74, 6) is -0.829. The van der Waals surface area contributed by atoms with Crippen LogP contribution >= 0.6 is 27.5 Å². The zero-order valence-corrected chi connectivity index (χ0v) is 18.4. The Morgan fingerprint density at radius 2 is 1.71 bits per heavy atom. The lowest BCUT2D eigenvalue weighted by Gasteiger charge is -2.05. The van der Waals surface area contributed by atoms with Crippen molar-refractivity contribution in [1.82, 2.24) is 14.8 Å². The summed E-state index contributed by atoms with van der Waals surface area (Å²) in [4.78, 5) is 29.2. The van der Waals surface area contributed by atoms with Gasteiger partial charge in [-0.3, -0.25) is 4.79 Å². The first-order valence-corrected chi connectivity index (χ1v) is 10.4. The summed E-state index contributed by atoms with van der Waals surface area (Å²) in [6, 6.07) is 23.2. The van der Waals surface area contributed by atoms with Crippen molar-refractivity contribution in [2.45, 2.75) is 0 Å². The minimum atomic E-state index is -0.788. The van der Waals surface area contributed by atoms with E-state index in [-0.39, 0.29) is 11.6 Å². The number of Topliss-reactive ketones (excluding diaryl/α,β-unsaturated/α-hetero) is 1. The molecule has 0 aliphatic rings. The highest BCUT2D eigenvalue weighted by Crippen LogP contribution is 2.24. The Morgan fingerprint density at radius 3 is 2.42 bits per heavy atom. The van der Waals surface area contributed by atoms with Gasteiger partial charge in [-0.2, -0.15) is 0 Å². The van der Waals surface area contributed by atoms with Crippen molar-refractivity contribution >= 4 is 39.3 Å². The Bertz CT molecular complexity index is 1240. The number of ketones is 1. The molecule has 0 atom stereocenters. The van der Waals surface area contributed by atoms with Crippen LogP contribution in [0.1, 0.15) is 21.0 Å². The molecule has 0 bridgehead atoms. The average Bonchev–Trinajstić information content (AvgIpc) is 3.24. The molecule has 0 aliphatic carbocycles. The molecule has 0 radical (unpaired) electrons. The van der Waals surface area contributed by atoms with Crippen molar-refractivity contribution < 1.29 is 14.3 Å². The van der Waals surface area contributed by atoms with E-state index in [0.717, 1.165) is 10.2 Å². The van der Waals surface area contributed by atoms with E-state index in [4.69, 9.17) is 16.3 Å². The molecule has 8 heteroatoms. The van der Waals surface area contributed by atoms with Crippen LogP contribution in [0.15, 0.2) is 83.3 Å². The fourth-order valence-corrected chi connectivity index (χ4v) is 3.33. The van der Waals surface area contributed by atoms with Crippen LogP contribution in [0.3, 0.4) is 0 Å². The normalized spacial score (nSPS) is 10.6. The highest BCUT2D eigenvalue weighted by atomic mass is 79.9. The minimum Gasteiger partial charge on any atom is -0.451 e. The Balaban J connectivity index is 1.60. The van der Waals surface area contributed by atoms with E-state index in [1.54, 1.807) is 47.1 Å². The summed E-state index contributed by atoms with van der Waals surface area (Å²) < 4.78 is 7.57. The Labute approximate surface area is 191 Å². The highest BCUT2D eigenvalue weighted by molar-refractivity contribution is 9.10. The number of rotatable bonds is 6. The van der Waals surface area contributed by atoms with Crippen LogP contribution < -0.4 is 0 Å². The van der Waals surface area contributed by atoms with Gasteiger partial charge >= 0.3 is 5.97 Å². The fraction of sp³-hybridized carbons (Fsp3) is 0.0435. The zero-order chi connectivity index (χ0) is 21.8. The molecule has 1 aromatic heterocycles. The lowest BCUT2D eigenvalue weighted by atomic mass is 10.1. The number of hydrogen-bond acceptors (Lipinski definition) is 5. The summed E-state index contributed by atoms with van der Waals surface area (Å²) in [5, 5.41) is 4.85. The van der Waals surface area contributed by atoms with Gasteiger partial charge < -0.3 is 4.74 Å². The predicted octanol–water partition coefficient (Wildman–Crippen LogP) is 5.39. The molecule has 154 valence electrons. The number of carbonyl (C=O) groups excluding carboxylic acids is 2. The molecule has 0 saturated carbocycles. The number of esters is 1. The summed E-state index contributed by atoms with van der Waals surface area (Å²) in [5.41, 5.74) is 1.85. The van der Waals surface area contributed by atoms with E-state index in [0.29, 0.717) is 22.0 Å². The van der Waals surface area contributed by atoms with E-state index in [1.807, 2.05) is 36.4 Å². The van der Waals surface area contributed by atoms with Gasteiger partial charge in [0.25, 0.3) is 5.82 Å². The highest BCUT2D eigenvalue weighted by Gasteiger charge is 2.21. The molecule has 0 amide bonds. The van der Waals surface area contributed by atoms with Crippen molar-refractivity contribution in [2.24, 2.45) is 0 Å². The van der Waals surface area contributed by atoms with Gasteiger partial charge in [0.15, 0.2) is 18.2 Å². The van der Waals surface area contributed by atoms with Crippen molar-refractivity contribution in [1.29, 1.82) is 0 Å². The van der Waals surface area contributed by atoms with Gasteiger partial charge in [-0.15, -0.1) is 5.10 Å². The molecule has 0 aliphatic heterocycles. The van der Waals surface area contributed by atoms with E-state index < -0.39 is 12.6 Å². The first-order valence-electron chi connectivity index (χ1n) is 9.25. The number of halogens is 2. The number of aromatic nitrogens is 3. The van der Waals surface area contributed by atoms with Crippen LogP contribution in [-0.4, -0.2) is 33.1 Å². The van der Waals surface area contributed by atoms with Crippen molar-refractivity contribution in [3.8, 4) is 17.1 Å². The third-order valence-electron chi connectivity index (χ3n) is 4.37. The number of carbonyl (C=O) groups is 2. The third kappa shape index (κ3) is 4.90. The van der Waals surface area contributed by atoms with Crippen LogP contribution in [0.2, 0.25) is 5.02 Å². The predicted molar refractivity (Wildman–Crippen MR) is 121 cm³/mol. The summed E-state index contributed by atoms with van der Waals surface area (Å²) >= 11 is 9.44. The molecule has 0 N–H and O–H groups in total. The van der Waals surface area contributed by atoms with Gasteiger partial charge in [-0.25, -0.2) is 14.5 Å². The van der Waals surface area contributed by atoms with Crippen molar-refractivity contribution in [3.63, 3.8) is 0 Å². The Kier molecular flexibility index (Phi) is 6.25. The molecule has 4 rings (SSSR count). The van der Waals surface area contributed by atoms with Crippen LogP contribution in [0.5, 0.6) is 0 Å². The van der Waals surface area contributed by atoms with Gasteiger partial charge in [0.05, 0.1) is 5.69 Å². The maximum atomic E-state index is 12.6. The molecule has 0 fully saturated rings. The SMILES string of the molecule is O=C(COC(=O)c1nc(-c2cccc(Cl)c2)n(-c2ccccc2)n1)c1ccc(Br)cc1. The molecule has 0 unspecified atom stereocenters.